The van der Waals surface area contributed by atoms with Crippen molar-refractivity contribution in [3.63, 3.8) is 0 Å². The highest BCUT2D eigenvalue weighted by atomic mass is 16.5. The minimum absolute atomic E-state index is 0.00739. The Labute approximate surface area is 141 Å². The van der Waals surface area contributed by atoms with Crippen molar-refractivity contribution in [2.75, 3.05) is 19.0 Å². The number of anilines is 1. The van der Waals surface area contributed by atoms with E-state index in [9.17, 15) is 9.59 Å². The van der Waals surface area contributed by atoms with E-state index in [0.717, 1.165) is 11.1 Å². The Kier molecular flexibility index (Phi) is 5.78. The van der Waals surface area contributed by atoms with Gasteiger partial charge in [-0.3, -0.25) is 20.4 Å². The SMILES string of the molecule is COc1ccccc1NCC(=O)NNC(=O)c1cccc(C)c1C. The van der Waals surface area contributed by atoms with E-state index < -0.39 is 0 Å². The maximum Gasteiger partial charge on any atom is 0.269 e. The zero-order chi connectivity index (χ0) is 17.5. The van der Waals surface area contributed by atoms with Crippen LogP contribution in [0.25, 0.3) is 0 Å². The summed E-state index contributed by atoms with van der Waals surface area (Å²) in [5.74, 6) is -0.0638. The first-order valence-corrected chi connectivity index (χ1v) is 7.55. The van der Waals surface area contributed by atoms with Crippen molar-refractivity contribution in [1.29, 1.82) is 0 Å². The van der Waals surface area contributed by atoms with E-state index >= 15 is 0 Å². The summed E-state index contributed by atoms with van der Waals surface area (Å²) in [6, 6.07) is 12.7. The number of hydrazine groups is 1. The van der Waals surface area contributed by atoms with Crippen LogP contribution >= 0.6 is 0 Å². The molecule has 0 bridgehead atoms. The second-order valence-corrected chi connectivity index (χ2v) is 5.30. The minimum atomic E-state index is -0.362. The number of nitrogens with one attached hydrogen (secondary N) is 3. The van der Waals surface area contributed by atoms with Gasteiger partial charge in [0.1, 0.15) is 5.75 Å². The third-order valence-corrected chi connectivity index (χ3v) is 3.71. The van der Waals surface area contributed by atoms with Gasteiger partial charge in [0.2, 0.25) is 0 Å². The molecular formula is C18H21N3O3. The molecule has 0 saturated heterocycles. The maximum absolute atomic E-state index is 12.1. The Morgan fingerprint density at radius 2 is 1.75 bits per heavy atom. The second kappa shape index (κ2) is 8.01. The van der Waals surface area contributed by atoms with Crippen LogP contribution in [0.15, 0.2) is 42.5 Å². The first kappa shape index (κ1) is 17.3. The molecule has 2 amide bonds. The Balaban J connectivity index is 1.87. The summed E-state index contributed by atoms with van der Waals surface area (Å²) in [5, 5.41) is 2.96. The van der Waals surface area contributed by atoms with E-state index in [-0.39, 0.29) is 18.4 Å². The van der Waals surface area contributed by atoms with Crippen molar-refractivity contribution in [2.24, 2.45) is 0 Å². The number of carbonyl (C=O) groups excluding carboxylic acids is 2. The molecule has 0 unspecified atom stereocenters. The summed E-state index contributed by atoms with van der Waals surface area (Å²) >= 11 is 0. The number of ether oxygens (including phenoxy) is 1. The van der Waals surface area contributed by atoms with E-state index in [4.69, 9.17) is 4.74 Å². The highest BCUT2D eigenvalue weighted by Gasteiger charge is 2.11. The quantitative estimate of drug-likeness (QED) is 0.736. The van der Waals surface area contributed by atoms with Crippen molar-refractivity contribution in [3.8, 4) is 5.75 Å². The second-order valence-electron chi connectivity index (χ2n) is 5.30. The van der Waals surface area contributed by atoms with E-state index in [0.29, 0.717) is 17.0 Å². The number of aryl methyl sites for hydroxylation is 1. The Morgan fingerprint density at radius 3 is 2.50 bits per heavy atom. The number of rotatable bonds is 5. The molecule has 2 aromatic rings. The van der Waals surface area contributed by atoms with Crippen molar-refractivity contribution in [3.05, 3.63) is 59.2 Å². The number of para-hydroxylation sites is 2. The molecule has 0 fully saturated rings. The fraction of sp³-hybridized carbons (Fsp3) is 0.222. The smallest absolute Gasteiger partial charge is 0.269 e. The number of hydrogen-bond acceptors (Lipinski definition) is 4. The van der Waals surface area contributed by atoms with Gasteiger partial charge >= 0.3 is 0 Å². The molecule has 0 spiro atoms. The monoisotopic (exact) mass is 327 g/mol. The lowest BCUT2D eigenvalue weighted by Gasteiger charge is -2.12. The van der Waals surface area contributed by atoms with Crippen molar-refractivity contribution in [2.45, 2.75) is 13.8 Å². The Bertz CT molecular complexity index is 744. The molecule has 6 nitrogen and oxygen atoms in total. The van der Waals surface area contributed by atoms with Crippen LogP contribution in [0.3, 0.4) is 0 Å². The van der Waals surface area contributed by atoms with Crippen LogP contribution in [-0.2, 0) is 4.79 Å². The molecule has 3 N–H and O–H groups in total. The number of benzene rings is 2. The van der Waals surface area contributed by atoms with Gasteiger partial charge < -0.3 is 10.1 Å². The lowest BCUT2D eigenvalue weighted by molar-refractivity contribution is -0.120. The molecule has 24 heavy (non-hydrogen) atoms. The molecule has 6 heteroatoms. The molecule has 0 radical (unpaired) electrons. The highest BCUT2D eigenvalue weighted by Crippen LogP contribution is 2.22. The molecular weight excluding hydrogens is 306 g/mol. The molecule has 0 atom stereocenters. The van der Waals surface area contributed by atoms with Gasteiger partial charge in [0.15, 0.2) is 0 Å². The Hall–Kier alpha value is -3.02. The summed E-state index contributed by atoms with van der Waals surface area (Å²) in [5.41, 5.74) is 7.96. The van der Waals surface area contributed by atoms with Crippen LogP contribution < -0.4 is 20.9 Å². The molecule has 0 aliphatic rings. The maximum atomic E-state index is 12.1. The van der Waals surface area contributed by atoms with E-state index in [1.807, 2.05) is 38.1 Å². The number of amides is 2. The molecule has 2 rings (SSSR count). The zero-order valence-corrected chi connectivity index (χ0v) is 14.0. The van der Waals surface area contributed by atoms with Crippen molar-refractivity contribution >= 4 is 17.5 Å². The molecule has 2 aromatic carbocycles. The molecule has 126 valence electrons. The normalized spacial score (nSPS) is 9.96. The topological polar surface area (TPSA) is 79.5 Å². The third-order valence-electron chi connectivity index (χ3n) is 3.71. The summed E-state index contributed by atoms with van der Waals surface area (Å²) in [6.07, 6.45) is 0. The molecule has 0 aliphatic heterocycles. The van der Waals surface area contributed by atoms with Gasteiger partial charge in [-0.25, -0.2) is 0 Å². The lowest BCUT2D eigenvalue weighted by Crippen LogP contribution is -2.44. The average molecular weight is 327 g/mol. The standard InChI is InChI=1S/C18H21N3O3/c1-12-7-6-8-14(13(12)2)18(23)21-20-17(22)11-19-15-9-4-5-10-16(15)24-3/h4-10,19H,11H2,1-3H3,(H,20,22)(H,21,23). The summed E-state index contributed by atoms with van der Waals surface area (Å²) in [7, 11) is 1.56. The van der Waals surface area contributed by atoms with Gasteiger partial charge in [-0.05, 0) is 43.2 Å². The lowest BCUT2D eigenvalue weighted by atomic mass is 10.0. The van der Waals surface area contributed by atoms with Crippen LogP contribution in [0.2, 0.25) is 0 Å². The van der Waals surface area contributed by atoms with Gasteiger partial charge in [-0.1, -0.05) is 24.3 Å². The van der Waals surface area contributed by atoms with Crippen LogP contribution in [0.4, 0.5) is 5.69 Å². The predicted octanol–water partition coefficient (Wildman–Crippen LogP) is 2.19. The van der Waals surface area contributed by atoms with Crippen LogP contribution in [-0.4, -0.2) is 25.5 Å². The largest absolute Gasteiger partial charge is 0.495 e. The summed E-state index contributed by atoms with van der Waals surface area (Å²) in [4.78, 5) is 24.0. The van der Waals surface area contributed by atoms with Gasteiger partial charge in [-0.15, -0.1) is 0 Å². The minimum Gasteiger partial charge on any atom is -0.495 e. The van der Waals surface area contributed by atoms with Crippen molar-refractivity contribution in [1.82, 2.24) is 10.9 Å². The van der Waals surface area contributed by atoms with Crippen molar-refractivity contribution < 1.29 is 14.3 Å². The van der Waals surface area contributed by atoms with E-state index in [1.165, 1.54) is 0 Å². The molecule has 0 heterocycles. The van der Waals surface area contributed by atoms with Crippen LogP contribution in [0.5, 0.6) is 5.75 Å². The third kappa shape index (κ3) is 4.25. The fourth-order valence-corrected chi connectivity index (χ4v) is 2.20. The Morgan fingerprint density at radius 1 is 1.00 bits per heavy atom. The number of hydrogen-bond donors (Lipinski definition) is 3. The number of methoxy groups -OCH3 is 1. The average Bonchev–Trinajstić information content (AvgIpc) is 2.60. The van der Waals surface area contributed by atoms with Gasteiger partial charge in [0, 0.05) is 5.56 Å². The van der Waals surface area contributed by atoms with Gasteiger partial charge in [-0.2, -0.15) is 0 Å². The van der Waals surface area contributed by atoms with Crippen LogP contribution in [0, 0.1) is 13.8 Å². The molecule has 0 aliphatic carbocycles. The van der Waals surface area contributed by atoms with E-state index in [1.54, 1.807) is 25.3 Å². The fourth-order valence-electron chi connectivity index (χ4n) is 2.20. The summed E-state index contributed by atoms with van der Waals surface area (Å²) < 4.78 is 5.19. The zero-order valence-electron chi connectivity index (χ0n) is 14.0. The molecule has 0 saturated carbocycles. The predicted molar refractivity (Wildman–Crippen MR) is 93.0 cm³/mol. The van der Waals surface area contributed by atoms with Crippen LogP contribution in [0.1, 0.15) is 21.5 Å². The number of carbonyl (C=O) groups is 2. The summed E-state index contributed by atoms with van der Waals surface area (Å²) in [6.45, 7) is 3.81. The molecule has 0 aromatic heterocycles. The van der Waals surface area contributed by atoms with E-state index in [2.05, 4.69) is 16.2 Å². The van der Waals surface area contributed by atoms with Gasteiger partial charge in [0.05, 0.1) is 19.3 Å². The highest BCUT2D eigenvalue weighted by molar-refractivity contribution is 5.97. The first-order chi connectivity index (χ1) is 11.5. The van der Waals surface area contributed by atoms with Gasteiger partial charge in [0.25, 0.3) is 11.8 Å². The first-order valence-electron chi connectivity index (χ1n) is 7.55.